The van der Waals surface area contributed by atoms with Crippen LogP contribution in [0, 0.1) is 12.3 Å². The molecule has 2 rings (SSSR count). The monoisotopic (exact) mass is 287 g/mol. The number of carbonyl (C=O) groups is 1. The first kappa shape index (κ1) is 13.5. The van der Waals surface area contributed by atoms with E-state index in [1.54, 1.807) is 42.5 Å². The van der Waals surface area contributed by atoms with E-state index in [1.165, 1.54) is 0 Å². The average molecular weight is 288 g/mol. The summed E-state index contributed by atoms with van der Waals surface area (Å²) in [6.45, 7) is 0. The Morgan fingerprint density at radius 3 is 2.79 bits per heavy atom. The lowest BCUT2D eigenvalue weighted by molar-refractivity contribution is 0.102. The quantitative estimate of drug-likeness (QED) is 0.637. The van der Waals surface area contributed by atoms with E-state index in [2.05, 4.69) is 23.9 Å². The van der Waals surface area contributed by atoms with Crippen LogP contribution in [0.15, 0.2) is 47.4 Å². The van der Waals surface area contributed by atoms with Gasteiger partial charge in [-0.1, -0.05) is 23.6 Å². The summed E-state index contributed by atoms with van der Waals surface area (Å²) in [5.74, 6) is 2.22. The summed E-state index contributed by atoms with van der Waals surface area (Å²) in [6.07, 6.45) is 5.31. The van der Waals surface area contributed by atoms with Gasteiger partial charge < -0.3 is 5.32 Å². The molecule has 4 heteroatoms. The molecule has 19 heavy (non-hydrogen) atoms. The number of terminal acetylenes is 1. The molecule has 0 aliphatic carbocycles. The van der Waals surface area contributed by atoms with Gasteiger partial charge in [0.25, 0.3) is 5.91 Å². The van der Waals surface area contributed by atoms with E-state index < -0.39 is 0 Å². The maximum atomic E-state index is 12.1. The molecule has 0 radical (unpaired) electrons. The van der Waals surface area contributed by atoms with Crippen molar-refractivity contribution >= 4 is 35.8 Å². The number of halogens is 1. The van der Waals surface area contributed by atoms with Gasteiger partial charge in [0, 0.05) is 16.1 Å². The molecule has 2 nitrogen and oxygen atoms in total. The first-order valence-corrected chi connectivity index (χ1v) is 6.29. The van der Waals surface area contributed by atoms with Gasteiger partial charge in [-0.15, -0.1) is 19.1 Å². The molecule has 2 aromatic rings. The summed E-state index contributed by atoms with van der Waals surface area (Å²) in [6, 6.07) is 12.0. The van der Waals surface area contributed by atoms with Crippen LogP contribution < -0.4 is 5.32 Å². The average Bonchev–Trinajstić information content (AvgIpc) is 2.41. The largest absolute Gasteiger partial charge is 0.322 e. The predicted octanol–water partition coefficient (Wildman–Crippen LogP) is 3.86. The van der Waals surface area contributed by atoms with Crippen LogP contribution >= 0.6 is 24.2 Å². The number of anilines is 1. The van der Waals surface area contributed by atoms with Crippen LogP contribution in [0.1, 0.15) is 15.9 Å². The zero-order valence-electron chi connectivity index (χ0n) is 9.85. The zero-order valence-corrected chi connectivity index (χ0v) is 11.5. The van der Waals surface area contributed by atoms with E-state index in [9.17, 15) is 4.79 Å². The summed E-state index contributed by atoms with van der Waals surface area (Å²) >= 11 is 10.2. The highest BCUT2D eigenvalue weighted by atomic mass is 35.5. The van der Waals surface area contributed by atoms with E-state index in [4.69, 9.17) is 18.0 Å². The van der Waals surface area contributed by atoms with Gasteiger partial charge in [0.15, 0.2) is 0 Å². The molecule has 94 valence electrons. The number of hydrogen-bond acceptors (Lipinski definition) is 2. The van der Waals surface area contributed by atoms with Crippen molar-refractivity contribution in [3.63, 3.8) is 0 Å². The predicted molar refractivity (Wildman–Crippen MR) is 81.0 cm³/mol. The van der Waals surface area contributed by atoms with Crippen molar-refractivity contribution in [2.24, 2.45) is 0 Å². The molecule has 0 saturated heterocycles. The first-order valence-electron chi connectivity index (χ1n) is 5.46. The third-order valence-electron chi connectivity index (χ3n) is 2.48. The van der Waals surface area contributed by atoms with Crippen molar-refractivity contribution in [3.8, 4) is 12.3 Å². The lowest BCUT2D eigenvalue weighted by Crippen LogP contribution is -2.12. The molecule has 2 aromatic carbocycles. The number of nitrogens with one attached hydrogen (secondary N) is 1. The lowest BCUT2D eigenvalue weighted by Gasteiger charge is -2.07. The Kier molecular flexibility index (Phi) is 4.16. The SMILES string of the molecule is C#Cc1cccc(NC(=O)c2cc(S)ccc2Cl)c1. The topological polar surface area (TPSA) is 29.1 Å². The maximum Gasteiger partial charge on any atom is 0.257 e. The zero-order chi connectivity index (χ0) is 13.8. The van der Waals surface area contributed by atoms with Crippen LogP contribution in [0.2, 0.25) is 5.02 Å². The van der Waals surface area contributed by atoms with Crippen LogP contribution in [0.4, 0.5) is 5.69 Å². The van der Waals surface area contributed by atoms with E-state index in [0.29, 0.717) is 26.7 Å². The van der Waals surface area contributed by atoms with E-state index >= 15 is 0 Å². The summed E-state index contributed by atoms with van der Waals surface area (Å²) in [7, 11) is 0. The summed E-state index contributed by atoms with van der Waals surface area (Å²) < 4.78 is 0. The third kappa shape index (κ3) is 3.31. The number of thiol groups is 1. The fourth-order valence-electron chi connectivity index (χ4n) is 1.57. The molecule has 0 aliphatic heterocycles. The Bertz CT molecular complexity index is 676. The minimum atomic E-state index is -0.296. The molecule has 0 aliphatic rings. The summed E-state index contributed by atoms with van der Waals surface area (Å²) in [5, 5.41) is 3.13. The van der Waals surface area contributed by atoms with Crippen molar-refractivity contribution in [1.29, 1.82) is 0 Å². The van der Waals surface area contributed by atoms with Crippen LogP contribution in [0.5, 0.6) is 0 Å². The number of hydrogen-bond donors (Lipinski definition) is 2. The van der Waals surface area contributed by atoms with Gasteiger partial charge in [-0.25, -0.2) is 0 Å². The van der Waals surface area contributed by atoms with Gasteiger partial charge in [-0.3, -0.25) is 4.79 Å². The van der Waals surface area contributed by atoms with Crippen LogP contribution in [0.25, 0.3) is 0 Å². The fraction of sp³-hybridized carbons (Fsp3) is 0. The minimum Gasteiger partial charge on any atom is -0.322 e. The highest BCUT2D eigenvalue weighted by Crippen LogP contribution is 2.21. The van der Waals surface area contributed by atoms with Crippen LogP contribution in [-0.2, 0) is 0 Å². The highest BCUT2D eigenvalue weighted by Gasteiger charge is 2.11. The van der Waals surface area contributed by atoms with Gasteiger partial charge in [0.2, 0.25) is 0 Å². The molecular formula is C15H10ClNOS. The van der Waals surface area contributed by atoms with Gasteiger partial charge in [0.1, 0.15) is 0 Å². The second-order valence-electron chi connectivity index (χ2n) is 3.84. The fourth-order valence-corrected chi connectivity index (χ4v) is 1.98. The molecule has 1 amide bonds. The molecule has 0 bridgehead atoms. The van der Waals surface area contributed by atoms with Crippen molar-refractivity contribution in [3.05, 3.63) is 58.6 Å². The second-order valence-corrected chi connectivity index (χ2v) is 4.77. The third-order valence-corrected chi connectivity index (χ3v) is 3.09. The van der Waals surface area contributed by atoms with Crippen molar-refractivity contribution in [1.82, 2.24) is 0 Å². The van der Waals surface area contributed by atoms with Crippen LogP contribution in [-0.4, -0.2) is 5.91 Å². The smallest absolute Gasteiger partial charge is 0.257 e. The van der Waals surface area contributed by atoms with E-state index in [1.807, 2.05) is 0 Å². The maximum absolute atomic E-state index is 12.1. The molecule has 0 spiro atoms. The number of amides is 1. The lowest BCUT2D eigenvalue weighted by atomic mass is 10.2. The molecule has 0 fully saturated rings. The van der Waals surface area contributed by atoms with Crippen molar-refractivity contribution < 1.29 is 4.79 Å². The Hall–Kier alpha value is -1.89. The molecule has 0 heterocycles. The molecular weight excluding hydrogens is 278 g/mol. The molecule has 1 N–H and O–H groups in total. The summed E-state index contributed by atoms with van der Waals surface area (Å²) in [4.78, 5) is 12.8. The van der Waals surface area contributed by atoms with E-state index in [0.717, 1.165) is 0 Å². The number of benzene rings is 2. The van der Waals surface area contributed by atoms with Crippen molar-refractivity contribution in [2.45, 2.75) is 4.90 Å². The Morgan fingerprint density at radius 2 is 2.05 bits per heavy atom. The Balaban J connectivity index is 2.26. The van der Waals surface area contributed by atoms with Gasteiger partial charge in [0.05, 0.1) is 10.6 Å². The highest BCUT2D eigenvalue weighted by molar-refractivity contribution is 7.80. The number of rotatable bonds is 2. The van der Waals surface area contributed by atoms with E-state index in [-0.39, 0.29) is 5.91 Å². The van der Waals surface area contributed by atoms with Crippen molar-refractivity contribution in [2.75, 3.05) is 5.32 Å². The van der Waals surface area contributed by atoms with Gasteiger partial charge in [-0.2, -0.15) is 0 Å². The second kappa shape index (κ2) is 5.83. The Morgan fingerprint density at radius 1 is 1.26 bits per heavy atom. The Labute approximate surface area is 122 Å². The summed E-state index contributed by atoms with van der Waals surface area (Å²) in [5.41, 5.74) is 1.70. The first-order chi connectivity index (χ1) is 9.10. The molecule has 0 saturated carbocycles. The normalized spacial score (nSPS) is 9.74. The minimum absolute atomic E-state index is 0.296. The molecule has 0 unspecified atom stereocenters. The van der Waals surface area contributed by atoms with Crippen LogP contribution in [0.3, 0.4) is 0 Å². The van der Waals surface area contributed by atoms with Gasteiger partial charge >= 0.3 is 0 Å². The number of carbonyl (C=O) groups excluding carboxylic acids is 1. The molecule has 0 atom stereocenters. The standard InChI is InChI=1S/C15H10ClNOS/c1-2-10-4-3-5-11(8-10)17-15(18)13-9-12(19)6-7-14(13)16/h1,3-9,19H,(H,17,18). The molecule has 0 aromatic heterocycles. The van der Waals surface area contributed by atoms with Gasteiger partial charge in [-0.05, 0) is 36.4 Å².